The predicted molar refractivity (Wildman–Crippen MR) is 95.4 cm³/mol. The van der Waals surface area contributed by atoms with Gasteiger partial charge < -0.3 is 4.74 Å². The lowest BCUT2D eigenvalue weighted by atomic mass is 10.0. The Hall–Kier alpha value is -3.29. The Morgan fingerprint density at radius 1 is 1.26 bits per heavy atom. The van der Waals surface area contributed by atoms with Gasteiger partial charge in [-0.25, -0.2) is 4.39 Å². The number of hydrogen-bond acceptors (Lipinski definition) is 5. The number of halogens is 1. The van der Waals surface area contributed by atoms with Crippen molar-refractivity contribution in [2.24, 2.45) is 5.92 Å². The molecule has 0 bridgehead atoms. The molecule has 1 atom stereocenters. The van der Waals surface area contributed by atoms with Gasteiger partial charge in [-0.1, -0.05) is 13.8 Å². The van der Waals surface area contributed by atoms with Crippen LogP contribution < -0.4 is 9.64 Å². The topological polar surface area (TPSA) is 89.8 Å². The average molecular weight is 372 g/mol. The summed E-state index contributed by atoms with van der Waals surface area (Å²) in [5, 5.41) is 11.1. The molecule has 0 saturated heterocycles. The van der Waals surface area contributed by atoms with Crippen molar-refractivity contribution in [2.45, 2.75) is 20.0 Å². The number of nitrogens with zero attached hydrogens (tertiary/aromatic N) is 2. The second-order valence-corrected chi connectivity index (χ2v) is 6.55. The van der Waals surface area contributed by atoms with Crippen LogP contribution in [0.4, 0.5) is 15.8 Å². The molecular weight excluding hydrogens is 355 g/mol. The van der Waals surface area contributed by atoms with Crippen molar-refractivity contribution in [3.05, 3.63) is 64.0 Å². The average Bonchev–Trinajstić information content (AvgIpc) is 2.63. The van der Waals surface area contributed by atoms with Crippen LogP contribution in [0.3, 0.4) is 0 Å². The van der Waals surface area contributed by atoms with Crippen molar-refractivity contribution in [2.75, 3.05) is 11.4 Å². The molecule has 8 heteroatoms. The maximum absolute atomic E-state index is 13.1. The lowest BCUT2D eigenvalue weighted by molar-refractivity contribution is -0.384. The lowest BCUT2D eigenvalue weighted by Gasteiger charge is -2.35. The first kappa shape index (κ1) is 18.5. The van der Waals surface area contributed by atoms with Gasteiger partial charge in [0.05, 0.1) is 17.2 Å². The van der Waals surface area contributed by atoms with E-state index in [1.54, 1.807) is 13.8 Å². The summed E-state index contributed by atoms with van der Waals surface area (Å²) >= 11 is 0. The van der Waals surface area contributed by atoms with Gasteiger partial charge in [-0.15, -0.1) is 0 Å². The summed E-state index contributed by atoms with van der Waals surface area (Å²) in [5.74, 6) is -1.21. The fraction of sp³-hybridized carbons (Fsp3) is 0.263. The maximum Gasteiger partial charge on any atom is 0.271 e. The maximum atomic E-state index is 13.1. The first-order valence-corrected chi connectivity index (χ1v) is 8.33. The number of carbonyl (C=O) groups excluding carboxylic acids is 2. The van der Waals surface area contributed by atoms with E-state index < -0.39 is 28.5 Å². The van der Waals surface area contributed by atoms with Gasteiger partial charge in [0, 0.05) is 17.7 Å². The van der Waals surface area contributed by atoms with Crippen LogP contribution in [0.1, 0.15) is 24.2 Å². The zero-order chi connectivity index (χ0) is 19.7. The molecule has 1 heterocycles. The van der Waals surface area contributed by atoms with Gasteiger partial charge in [0.2, 0.25) is 0 Å². The number of hydrogen-bond donors (Lipinski definition) is 0. The third-order valence-corrected chi connectivity index (χ3v) is 4.28. The largest absolute Gasteiger partial charge is 0.478 e. The van der Waals surface area contributed by atoms with E-state index in [0.717, 1.165) is 12.1 Å². The van der Waals surface area contributed by atoms with Gasteiger partial charge in [-0.2, -0.15) is 0 Å². The predicted octanol–water partition coefficient (Wildman–Crippen LogP) is 3.37. The second-order valence-electron chi connectivity index (χ2n) is 6.55. The number of nitro groups is 1. The minimum atomic E-state index is -0.806. The third-order valence-electron chi connectivity index (χ3n) is 4.28. The SMILES string of the molecule is CC(C)C1Oc2ccc([N+](=O)[O-])cc2N(CC(=O)c2ccc(F)cc2)C1=O. The molecule has 27 heavy (non-hydrogen) atoms. The molecule has 1 unspecified atom stereocenters. The van der Waals surface area contributed by atoms with Crippen molar-refractivity contribution < 1.29 is 23.6 Å². The Morgan fingerprint density at radius 2 is 1.93 bits per heavy atom. The van der Waals surface area contributed by atoms with E-state index in [9.17, 15) is 24.1 Å². The number of amides is 1. The molecule has 0 saturated carbocycles. The van der Waals surface area contributed by atoms with E-state index in [4.69, 9.17) is 4.74 Å². The Labute approximate surface area is 154 Å². The monoisotopic (exact) mass is 372 g/mol. The van der Waals surface area contributed by atoms with E-state index in [1.807, 2.05) is 0 Å². The molecule has 0 aliphatic carbocycles. The van der Waals surface area contributed by atoms with Crippen LogP contribution >= 0.6 is 0 Å². The molecule has 140 valence electrons. The number of rotatable bonds is 5. The van der Waals surface area contributed by atoms with Crippen LogP contribution in [0, 0.1) is 21.8 Å². The molecule has 0 spiro atoms. The summed E-state index contributed by atoms with van der Waals surface area (Å²) in [5.41, 5.74) is 0.192. The van der Waals surface area contributed by atoms with Gasteiger partial charge in [0.15, 0.2) is 11.9 Å². The van der Waals surface area contributed by atoms with Crippen molar-refractivity contribution in [3.63, 3.8) is 0 Å². The van der Waals surface area contributed by atoms with E-state index in [-0.39, 0.29) is 29.4 Å². The van der Waals surface area contributed by atoms with Crippen LogP contribution in [-0.2, 0) is 4.79 Å². The van der Waals surface area contributed by atoms with Crippen LogP contribution in [0.15, 0.2) is 42.5 Å². The van der Waals surface area contributed by atoms with E-state index >= 15 is 0 Å². The Kier molecular flexibility index (Phi) is 4.89. The van der Waals surface area contributed by atoms with E-state index in [1.165, 1.54) is 35.2 Å². The van der Waals surface area contributed by atoms with Gasteiger partial charge >= 0.3 is 0 Å². The van der Waals surface area contributed by atoms with Gasteiger partial charge in [-0.05, 0) is 36.2 Å². The number of nitro benzene ring substituents is 1. The van der Waals surface area contributed by atoms with Crippen molar-refractivity contribution >= 4 is 23.1 Å². The van der Waals surface area contributed by atoms with Crippen molar-refractivity contribution in [1.82, 2.24) is 0 Å². The third kappa shape index (κ3) is 3.64. The quantitative estimate of drug-likeness (QED) is 0.456. The molecule has 2 aromatic carbocycles. The number of fused-ring (bicyclic) bond motifs is 1. The smallest absolute Gasteiger partial charge is 0.271 e. The molecule has 2 aromatic rings. The van der Waals surface area contributed by atoms with Gasteiger partial charge in [0.1, 0.15) is 11.6 Å². The number of anilines is 1. The minimum absolute atomic E-state index is 0.163. The normalized spacial score (nSPS) is 16.1. The molecule has 0 radical (unpaired) electrons. The molecule has 1 aliphatic rings. The summed E-state index contributed by atoms with van der Waals surface area (Å²) in [4.78, 5) is 37.1. The van der Waals surface area contributed by atoms with Gasteiger partial charge in [0.25, 0.3) is 11.6 Å². The highest BCUT2D eigenvalue weighted by Gasteiger charge is 2.38. The standard InChI is InChI=1S/C19H17FN2O5/c1-11(2)18-19(24)21(10-16(23)12-3-5-13(20)6-4-12)15-9-14(22(25)26)7-8-17(15)27-18/h3-9,11,18H,10H2,1-2H3. The molecule has 3 rings (SSSR count). The van der Waals surface area contributed by atoms with E-state index in [0.29, 0.717) is 5.75 Å². The Morgan fingerprint density at radius 3 is 2.52 bits per heavy atom. The molecule has 0 N–H and O–H groups in total. The highest BCUT2D eigenvalue weighted by atomic mass is 19.1. The highest BCUT2D eigenvalue weighted by molar-refractivity contribution is 6.08. The summed E-state index contributed by atoms with van der Waals surface area (Å²) in [6.45, 7) is 3.28. The molecule has 1 amide bonds. The lowest BCUT2D eigenvalue weighted by Crippen LogP contribution is -2.50. The van der Waals surface area contributed by atoms with Crippen LogP contribution in [0.25, 0.3) is 0 Å². The molecular formula is C19H17FN2O5. The first-order valence-electron chi connectivity index (χ1n) is 8.33. The zero-order valence-corrected chi connectivity index (χ0v) is 14.7. The number of ketones is 1. The van der Waals surface area contributed by atoms with Gasteiger partial charge in [-0.3, -0.25) is 24.6 Å². The second kappa shape index (κ2) is 7.14. The first-order chi connectivity index (χ1) is 12.8. The summed E-state index contributed by atoms with van der Waals surface area (Å²) < 4.78 is 18.8. The summed E-state index contributed by atoms with van der Waals surface area (Å²) in [7, 11) is 0. The molecule has 7 nitrogen and oxygen atoms in total. The number of benzene rings is 2. The fourth-order valence-corrected chi connectivity index (χ4v) is 2.84. The summed E-state index contributed by atoms with van der Waals surface area (Å²) in [6.07, 6.45) is -0.806. The Bertz CT molecular complexity index is 911. The van der Waals surface area contributed by atoms with Crippen molar-refractivity contribution in [3.8, 4) is 5.75 Å². The number of non-ortho nitro benzene ring substituents is 1. The highest BCUT2D eigenvalue weighted by Crippen LogP contribution is 2.38. The van der Waals surface area contributed by atoms with Crippen molar-refractivity contribution in [1.29, 1.82) is 0 Å². The molecule has 0 fully saturated rings. The zero-order valence-electron chi connectivity index (χ0n) is 14.7. The van der Waals surface area contributed by atoms with Crippen LogP contribution in [-0.4, -0.2) is 29.3 Å². The fourth-order valence-electron chi connectivity index (χ4n) is 2.84. The Balaban J connectivity index is 1.99. The number of ether oxygens (including phenoxy) is 1. The van der Waals surface area contributed by atoms with Crippen LogP contribution in [0.5, 0.6) is 5.75 Å². The minimum Gasteiger partial charge on any atom is -0.478 e. The van der Waals surface area contributed by atoms with Crippen LogP contribution in [0.2, 0.25) is 0 Å². The molecule has 1 aliphatic heterocycles. The number of carbonyl (C=O) groups is 2. The summed E-state index contributed by atoms with van der Waals surface area (Å²) in [6, 6.07) is 8.89. The van der Waals surface area contributed by atoms with E-state index in [2.05, 4.69) is 0 Å². The number of Topliss-reactive ketones (excluding diaryl/α,β-unsaturated/α-hetero) is 1. The molecule has 0 aromatic heterocycles.